The normalized spacial score (nSPS) is 25.3. The maximum atomic E-state index is 11.3. The van der Waals surface area contributed by atoms with Crippen LogP contribution in [0.15, 0.2) is 4.99 Å². The van der Waals surface area contributed by atoms with E-state index in [1.807, 2.05) is 0 Å². The fourth-order valence-electron chi connectivity index (χ4n) is 2.38. The Morgan fingerprint density at radius 1 is 1.37 bits per heavy atom. The molecule has 2 atom stereocenters. The molecule has 0 aromatic carbocycles. The fraction of sp³-hybridized carbons (Fsp3) is 0.917. The molecule has 0 amide bonds. The van der Waals surface area contributed by atoms with Gasteiger partial charge in [-0.3, -0.25) is 4.99 Å². The topological polar surface area (TPSA) is 96.6 Å². The predicted molar refractivity (Wildman–Crippen MR) is 78.5 cm³/mol. The summed E-state index contributed by atoms with van der Waals surface area (Å²) in [6.07, 6.45) is 6.28. The SMILES string of the molecule is CCCNC(N)=NCC1CCCCC1NS(C)(=O)=O. The largest absolute Gasteiger partial charge is 0.370 e. The Kier molecular flexibility index (Phi) is 6.57. The van der Waals surface area contributed by atoms with Gasteiger partial charge < -0.3 is 11.1 Å². The number of hydrogen-bond donors (Lipinski definition) is 3. The summed E-state index contributed by atoms with van der Waals surface area (Å²) in [6.45, 7) is 3.45. The van der Waals surface area contributed by atoms with Gasteiger partial charge in [0.15, 0.2) is 5.96 Å². The third-order valence-corrected chi connectivity index (χ3v) is 4.06. The molecule has 7 heteroatoms. The molecule has 0 aliphatic heterocycles. The molecule has 0 heterocycles. The average molecular weight is 290 g/mol. The highest BCUT2D eigenvalue weighted by atomic mass is 32.2. The van der Waals surface area contributed by atoms with Crippen molar-refractivity contribution in [3.8, 4) is 0 Å². The van der Waals surface area contributed by atoms with E-state index in [-0.39, 0.29) is 12.0 Å². The molecule has 1 aliphatic carbocycles. The van der Waals surface area contributed by atoms with E-state index >= 15 is 0 Å². The lowest BCUT2D eigenvalue weighted by Crippen LogP contribution is -2.43. The summed E-state index contributed by atoms with van der Waals surface area (Å²) in [6, 6.07) is -0.00789. The molecule has 0 spiro atoms. The van der Waals surface area contributed by atoms with E-state index in [2.05, 4.69) is 22.0 Å². The fourth-order valence-corrected chi connectivity index (χ4v) is 3.24. The minimum absolute atomic E-state index is 0.00789. The van der Waals surface area contributed by atoms with Crippen LogP contribution in [0.2, 0.25) is 0 Å². The van der Waals surface area contributed by atoms with E-state index in [0.717, 1.165) is 38.6 Å². The van der Waals surface area contributed by atoms with E-state index in [0.29, 0.717) is 12.5 Å². The summed E-state index contributed by atoms with van der Waals surface area (Å²) in [4.78, 5) is 4.31. The number of hydrogen-bond acceptors (Lipinski definition) is 3. The van der Waals surface area contributed by atoms with Crippen LogP contribution < -0.4 is 15.8 Å². The Morgan fingerprint density at radius 3 is 2.68 bits per heavy atom. The van der Waals surface area contributed by atoms with E-state index in [1.54, 1.807) is 0 Å². The molecule has 0 aromatic heterocycles. The van der Waals surface area contributed by atoms with Gasteiger partial charge in [-0.2, -0.15) is 0 Å². The molecule has 6 nitrogen and oxygen atoms in total. The molecular formula is C12H26N4O2S. The Morgan fingerprint density at radius 2 is 2.05 bits per heavy atom. The number of guanidine groups is 1. The Bertz CT molecular complexity index is 395. The summed E-state index contributed by atoms with van der Waals surface area (Å²) in [5, 5.41) is 3.02. The van der Waals surface area contributed by atoms with E-state index in [9.17, 15) is 8.42 Å². The van der Waals surface area contributed by atoms with Crippen molar-refractivity contribution < 1.29 is 8.42 Å². The van der Waals surface area contributed by atoms with Gasteiger partial charge in [0.05, 0.1) is 6.26 Å². The van der Waals surface area contributed by atoms with Gasteiger partial charge in [0.25, 0.3) is 0 Å². The number of sulfonamides is 1. The smallest absolute Gasteiger partial charge is 0.208 e. The van der Waals surface area contributed by atoms with E-state index in [1.165, 1.54) is 6.26 Å². The van der Waals surface area contributed by atoms with Gasteiger partial charge >= 0.3 is 0 Å². The van der Waals surface area contributed by atoms with Crippen LogP contribution in [0.1, 0.15) is 39.0 Å². The molecule has 0 bridgehead atoms. The van der Waals surface area contributed by atoms with Crippen LogP contribution in [0, 0.1) is 5.92 Å². The van der Waals surface area contributed by atoms with Crippen molar-refractivity contribution in [2.24, 2.45) is 16.6 Å². The molecule has 0 aromatic rings. The van der Waals surface area contributed by atoms with Crippen LogP contribution >= 0.6 is 0 Å². The number of nitrogens with two attached hydrogens (primary N) is 1. The molecule has 4 N–H and O–H groups in total. The van der Waals surface area contributed by atoms with Gasteiger partial charge in [0, 0.05) is 19.1 Å². The van der Waals surface area contributed by atoms with Crippen LogP contribution in [0.4, 0.5) is 0 Å². The third-order valence-electron chi connectivity index (χ3n) is 3.33. The first-order valence-corrected chi connectivity index (χ1v) is 8.82. The van der Waals surface area contributed by atoms with Gasteiger partial charge in [-0.1, -0.05) is 19.8 Å². The summed E-state index contributed by atoms with van der Waals surface area (Å²) in [5.74, 6) is 0.691. The lowest BCUT2D eigenvalue weighted by molar-refractivity contribution is 0.297. The first-order valence-electron chi connectivity index (χ1n) is 6.93. The Labute approximate surface area is 116 Å². The van der Waals surface area contributed by atoms with Crippen molar-refractivity contribution in [2.45, 2.75) is 45.1 Å². The maximum absolute atomic E-state index is 11.3. The van der Waals surface area contributed by atoms with Gasteiger partial charge in [-0.25, -0.2) is 13.1 Å². The van der Waals surface area contributed by atoms with Crippen molar-refractivity contribution in [1.82, 2.24) is 10.0 Å². The molecule has 112 valence electrons. The monoisotopic (exact) mass is 290 g/mol. The second kappa shape index (κ2) is 7.69. The minimum Gasteiger partial charge on any atom is -0.370 e. The lowest BCUT2D eigenvalue weighted by atomic mass is 9.85. The molecule has 1 aliphatic rings. The number of rotatable bonds is 6. The molecule has 1 fully saturated rings. The Balaban J connectivity index is 2.53. The first-order chi connectivity index (χ1) is 8.92. The molecule has 19 heavy (non-hydrogen) atoms. The van der Waals surface area contributed by atoms with E-state index in [4.69, 9.17) is 5.73 Å². The zero-order chi connectivity index (χ0) is 14.3. The van der Waals surface area contributed by atoms with Crippen molar-refractivity contribution in [1.29, 1.82) is 0 Å². The van der Waals surface area contributed by atoms with Crippen molar-refractivity contribution in [3.63, 3.8) is 0 Å². The lowest BCUT2D eigenvalue weighted by Gasteiger charge is -2.30. The van der Waals surface area contributed by atoms with Crippen LogP contribution in [0.25, 0.3) is 0 Å². The first kappa shape index (κ1) is 16.2. The quantitative estimate of drug-likeness (QED) is 0.487. The maximum Gasteiger partial charge on any atom is 0.208 e. The Hall–Kier alpha value is -0.820. The van der Waals surface area contributed by atoms with Crippen LogP contribution in [0.3, 0.4) is 0 Å². The second-order valence-corrected chi connectivity index (χ2v) is 6.97. The summed E-state index contributed by atoms with van der Waals surface area (Å²) in [7, 11) is -3.15. The highest BCUT2D eigenvalue weighted by Crippen LogP contribution is 2.25. The molecule has 2 unspecified atom stereocenters. The van der Waals surface area contributed by atoms with Crippen LogP contribution in [-0.2, 0) is 10.0 Å². The summed E-state index contributed by atoms with van der Waals surface area (Å²) < 4.78 is 25.4. The van der Waals surface area contributed by atoms with Gasteiger partial charge in [0.2, 0.25) is 10.0 Å². The third kappa shape index (κ3) is 6.77. The summed E-state index contributed by atoms with van der Waals surface area (Å²) >= 11 is 0. The van der Waals surface area contributed by atoms with Gasteiger partial charge in [-0.15, -0.1) is 0 Å². The standard InChI is InChI=1S/C12H26N4O2S/c1-3-8-14-12(13)15-9-10-6-4-5-7-11(10)16-19(2,17)18/h10-11,16H,3-9H2,1-2H3,(H3,13,14,15). The van der Waals surface area contributed by atoms with Crippen molar-refractivity contribution >= 4 is 16.0 Å². The predicted octanol–water partition coefficient (Wildman–Crippen LogP) is 0.409. The molecule has 1 saturated carbocycles. The summed E-state index contributed by atoms with van der Waals surface area (Å²) in [5.41, 5.74) is 5.75. The number of aliphatic imine (C=N–C) groups is 1. The zero-order valence-electron chi connectivity index (χ0n) is 11.9. The van der Waals surface area contributed by atoms with Gasteiger partial charge in [0.1, 0.15) is 0 Å². The molecule has 1 rings (SSSR count). The van der Waals surface area contributed by atoms with Crippen LogP contribution in [0.5, 0.6) is 0 Å². The van der Waals surface area contributed by atoms with Gasteiger partial charge in [-0.05, 0) is 25.2 Å². The molecule has 0 saturated heterocycles. The van der Waals surface area contributed by atoms with Crippen LogP contribution in [-0.4, -0.2) is 39.8 Å². The number of nitrogens with zero attached hydrogens (tertiary/aromatic N) is 1. The van der Waals surface area contributed by atoms with Crippen molar-refractivity contribution in [2.75, 3.05) is 19.3 Å². The highest BCUT2D eigenvalue weighted by Gasteiger charge is 2.27. The molecule has 0 radical (unpaired) electrons. The number of nitrogens with one attached hydrogen (secondary N) is 2. The second-order valence-electron chi connectivity index (χ2n) is 5.19. The zero-order valence-corrected chi connectivity index (χ0v) is 12.7. The van der Waals surface area contributed by atoms with E-state index < -0.39 is 10.0 Å². The highest BCUT2D eigenvalue weighted by molar-refractivity contribution is 7.88. The minimum atomic E-state index is -3.15. The molecular weight excluding hydrogens is 264 g/mol. The van der Waals surface area contributed by atoms with Crippen molar-refractivity contribution in [3.05, 3.63) is 0 Å². The average Bonchev–Trinajstić information content (AvgIpc) is 2.33.